The monoisotopic (exact) mass is 324 g/mol. The summed E-state index contributed by atoms with van der Waals surface area (Å²) in [5.41, 5.74) is 1.55. The summed E-state index contributed by atoms with van der Waals surface area (Å²) in [6.45, 7) is 0.408. The lowest BCUT2D eigenvalue weighted by molar-refractivity contribution is -0.135. The Morgan fingerprint density at radius 1 is 1.19 bits per heavy atom. The van der Waals surface area contributed by atoms with Crippen LogP contribution in [0.1, 0.15) is 24.0 Å². The van der Waals surface area contributed by atoms with E-state index in [0.29, 0.717) is 12.1 Å². The van der Waals surface area contributed by atoms with Gasteiger partial charge in [-0.15, -0.1) is 0 Å². The Morgan fingerprint density at radius 2 is 1.86 bits per heavy atom. The molecule has 21 heavy (non-hydrogen) atoms. The maximum atomic E-state index is 12.0. The van der Waals surface area contributed by atoms with Gasteiger partial charge in [-0.05, 0) is 24.6 Å². The number of sulfonamides is 1. The maximum absolute atomic E-state index is 12.0. The predicted molar refractivity (Wildman–Crippen MR) is 75.1 cm³/mol. The fourth-order valence-electron chi connectivity index (χ4n) is 1.82. The predicted octanol–water partition coefficient (Wildman–Crippen LogP) is 2.17. The van der Waals surface area contributed by atoms with Crippen LogP contribution < -0.4 is 10.0 Å². The molecule has 4 nitrogen and oxygen atoms in total. The molecule has 0 heterocycles. The zero-order chi connectivity index (χ0) is 15.9. The average molecular weight is 324 g/mol. The lowest BCUT2D eigenvalue weighted by atomic mass is 10.1. The number of alkyl halides is 3. The van der Waals surface area contributed by atoms with Gasteiger partial charge in [-0.3, -0.25) is 0 Å². The molecular formula is C13H19F3N2O2S. The Balaban J connectivity index is 2.50. The van der Waals surface area contributed by atoms with Crippen molar-refractivity contribution in [3.63, 3.8) is 0 Å². The Morgan fingerprint density at radius 3 is 2.48 bits per heavy atom. The quantitative estimate of drug-likeness (QED) is 0.721. The van der Waals surface area contributed by atoms with Crippen LogP contribution in [0, 0.1) is 0 Å². The first kappa shape index (κ1) is 17.9. The average Bonchev–Trinajstić information content (AvgIpc) is 2.34. The van der Waals surface area contributed by atoms with E-state index in [1.807, 2.05) is 6.07 Å². The number of benzene rings is 1. The van der Waals surface area contributed by atoms with Crippen LogP contribution >= 0.6 is 0 Å². The molecule has 1 aromatic carbocycles. The number of hydrogen-bond acceptors (Lipinski definition) is 3. The van der Waals surface area contributed by atoms with Gasteiger partial charge in [0.1, 0.15) is 0 Å². The smallest absolute Gasteiger partial charge is 0.316 e. The standard InChI is InChI=1S/C13H19F3N2O2S/c1-17-9-11-4-2-5-12(8-11)10-21(19,20)18-7-3-6-13(14,15)16/h2,4-5,8,17-18H,3,6-7,9-10H2,1H3. The Kier molecular flexibility index (Phi) is 6.63. The highest BCUT2D eigenvalue weighted by Gasteiger charge is 2.26. The third kappa shape index (κ3) is 8.03. The first-order valence-electron chi connectivity index (χ1n) is 6.48. The first-order chi connectivity index (χ1) is 9.72. The number of hydrogen-bond donors (Lipinski definition) is 2. The van der Waals surface area contributed by atoms with Gasteiger partial charge in [0.05, 0.1) is 5.75 Å². The molecule has 8 heteroatoms. The van der Waals surface area contributed by atoms with E-state index >= 15 is 0 Å². The van der Waals surface area contributed by atoms with Gasteiger partial charge in [0, 0.05) is 19.5 Å². The van der Waals surface area contributed by atoms with Crippen LogP contribution in [0.2, 0.25) is 0 Å². The van der Waals surface area contributed by atoms with Crippen molar-refractivity contribution < 1.29 is 21.6 Å². The summed E-state index contributed by atoms with van der Waals surface area (Å²) in [4.78, 5) is 0. The summed E-state index contributed by atoms with van der Waals surface area (Å²) in [5.74, 6) is -0.240. The fraction of sp³-hybridized carbons (Fsp3) is 0.538. The van der Waals surface area contributed by atoms with Gasteiger partial charge < -0.3 is 5.32 Å². The molecule has 2 N–H and O–H groups in total. The van der Waals surface area contributed by atoms with Crippen molar-refractivity contribution in [1.29, 1.82) is 0 Å². The van der Waals surface area contributed by atoms with Gasteiger partial charge >= 0.3 is 6.18 Å². The summed E-state index contributed by atoms with van der Waals surface area (Å²) >= 11 is 0. The van der Waals surface area contributed by atoms with E-state index in [0.717, 1.165) is 5.56 Å². The lowest BCUT2D eigenvalue weighted by Crippen LogP contribution is -2.27. The molecule has 0 aliphatic heterocycles. The molecule has 0 bridgehead atoms. The van der Waals surface area contributed by atoms with Crippen molar-refractivity contribution in [2.75, 3.05) is 13.6 Å². The second-order valence-corrected chi connectivity index (χ2v) is 6.53. The summed E-state index contributed by atoms with van der Waals surface area (Å²) in [5, 5.41) is 2.96. The van der Waals surface area contributed by atoms with E-state index in [9.17, 15) is 21.6 Å². The molecule has 1 rings (SSSR count). The van der Waals surface area contributed by atoms with Crippen molar-refractivity contribution >= 4 is 10.0 Å². The highest BCUT2D eigenvalue weighted by atomic mass is 32.2. The molecule has 0 saturated heterocycles. The number of nitrogens with one attached hydrogen (secondary N) is 2. The van der Waals surface area contributed by atoms with Crippen molar-refractivity contribution in [3.8, 4) is 0 Å². The Labute approximate surface area is 122 Å². The summed E-state index contributed by atoms with van der Waals surface area (Å²) in [7, 11) is -1.84. The molecular weight excluding hydrogens is 305 g/mol. The largest absolute Gasteiger partial charge is 0.389 e. The van der Waals surface area contributed by atoms with Crippen molar-refractivity contribution in [2.24, 2.45) is 0 Å². The zero-order valence-electron chi connectivity index (χ0n) is 11.7. The summed E-state index contributed by atoms with van der Waals surface area (Å²) < 4.78 is 61.6. The van der Waals surface area contributed by atoms with E-state index in [2.05, 4.69) is 10.0 Å². The summed E-state index contributed by atoms with van der Waals surface area (Å²) in [6, 6.07) is 7.05. The van der Waals surface area contributed by atoms with E-state index in [-0.39, 0.29) is 18.7 Å². The molecule has 0 saturated carbocycles. The minimum atomic E-state index is -4.26. The molecule has 0 aliphatic rings. The normalized spacial score (nSPS) is 12.6. The van der Waals surface area contributed by atoms with Gasteiger partial charge in [0.25, 0.3) is 0 Å². The molecule has 0 unspecified atom stereocenters. The lowest BCUT2D eigenvalue weighted by Gasteiger charge is -2.09. The van der Waals surface area contributed by atoms with E-state index in [4.69, 9.17) is 0 Å². The molecule has 0 atom stereocenters. The number of rotatable bonds is 8. The first-order valence-corrected chi connectivity index (χ1v) is 8.13. The van der Waals surface area contributed by atoms with E-state index in [1.54, 1.807) is 25.2 Å². The topological polar surface area (TPSA) is 58.2 Å². The van der Waals surface area contributed by atoms with Gasteiger partial charge in [-0.25, -0.2) is 13.1 Å². The Hall–Kier alpha value is -1.12. The van der Waals surface area contributed by atoms with Crippen LogP contribution in [0.15, 0.2) is 24.3 Å². The molecule has 0 radical (unpaired) electrons. The van der Waals surface area contributed by atoms with Crippen LogP contribution in [0.5, 0.6) is 0 Å². The molecule has 0 aliphatic carbocycles. The van der Waals surface area contributed by atoms with Crippen molar-refractivity contribution in [1.82, 2.24) is 10.0 Å². The molecule has 0 amide bonds. The SMILES string of the molecule is CNCc1cccc(CS(=O)(=O)NCCCC(F)(F)F)c1. The molecule has 0 spiro atoms. The third-order valence-corrected chi connectivity index (χ3v) is 4.05. The number of halogens is 3. The van der Waals surface area contributed by atoms with Crippen molar-refractivity contribution in [2.45, 2.75) is 31.3 Å². The van der Waals surface area contributed by atoms with Crippen LogP contribution in [-0.4, -0.2) is 28.2 Å². The van der Waals surface area contributed by atoms with E-state index < -0.39 is 22.6 Å². The second kappa shape index (κ2) is 7.77. The van der Waals surface area contributed by atoms with Crippen LogP contribution in [0.4, 0.5) is 13.2 Å². The van der Waals surface area contributed by atoms with Gasteiger partial charge in [-0.2, -0.15) is 13.2 Å². The Bertz CT molecular complexity index is 545. The maximum Gasteiger partial charge on any atom is 0.389 e. The molecule has 0 fully saturated rings. The van der Waals surface area contributed by atoms with Crippen molar-refractivity contribution in [3.05, 3.63) is 35.4 Å². The van der Waals surface area contributed by atoms with Gasteiger partial charge in [0.2, 0.25) is 10.0 Å². The molecule has 1 aromatic rings. The van der Waals surface area contributed by atoms with Gasteiger partial charge in [0.15, 0.2) is 0 Å². The second-order valence-electron chi connectivity index (χ2n) is 4.72. The summed E-state index contributed by atoms with van der Waals surface area (Å²) in [6.07, 6.45) is -5.51. The molecule has 120 valence electrons. The highest BCUT2D eigenvalue weighted by Crippen LogP contribution is 2.20. The molecule has 0 aromatic heterocycles. The zero-order valence-corrected chi connectivity index (χ0v) is 12.5. The van der Waals surface area contributed by atoms with Crippen LogP contribution in [0.25, 0.3) is 0 Å². The van der Waals surface area contributed by atoms with E-state index in [1.165, 1.54) is 0 Å². The fourth-order valence-corrected chi connectivity index (χ4v) is 3.00. The van der Waals surface area contributed by atoms with Gasteiger partial charge in [-0.1, -0.05) is 24.3 Å². The van der Waals surface area contributed by atoms with Crippen LogP contribution in [0.3, 0.4) is 0 Å². The highest BCUT2D eigenvalue weighted by molar-refractivity contribution is 7.88. The third-order valence-electron chi connectivity index (χ3n) is 2.69. The minimum Gasteiger partial charge on any atom is -0.316 e. The minimum absolute atomic E-state index is 0.210. The van der Waals surface area contributed by atoms with Crippen LogP contribution in [-0.2, 0) is 22.3 Å².